The highest BCUT2D eigenvalue weighted by Crippen LogP contribution is 2.34. The zero-order valence-electron chi connectivity index (χ0n) is 11.3. The molecule has 1 saturated heterocycles. The van der Waals surface area contributed by atoms with Gasteiger partial charge in [-0.1, -0.05) is 12.1 Å². The first-order valence-electron chi connectivity index (χ1n) is 6.80. The second kappa shape index (κ2) is 6.17. The predicted molar refractivity (Wildman–Crippen MR) is 76.9 cm³/mol. The van der Waals surface area contributed by atoms with Gasteiger partial charge >= 0.3 is 0 Å². The van der Waals surface area contributed by atoms with Crippen molar-refractivity contribution in [2.24, 2.45) is 0 Å². The second-order valence-corrected chi connectivity index (χ2v) is 5.95. The van der Waals surface area contributed by atoms with Gasteiger partial charge in [0.05, 0.1) is 6.04 Å². The standard InChI is InChI=1S/C15H15F3N2S/c16-11-4-3-10(13(17)14(11)18)15(12-2-1-9-21-12)20-7-5-19-6-8-20/h1-4,9,15,19H,5-8H2/t15-/m0/s1. The lowest BCUT2D eigenvalue weighted by molar-refractivity contribution is 0.196. The average Bonchev–Trinajstić information content (AvgIpc) is 3.03. The van der Waals surface area contributed by atoms with E-state index in [1.165, 1.54) is 17.4 Å². The van der Waals surface area contributed by atoms with E-state index in [4.69, 9.17) is 0 Å². The lowest BCUT2D eigenvalue weighted by Gasteiger charge is -2.34. The van der Waals surface area contributed by atoms with Crippen LogP contribution in [0.3, 0.4) is 0 Å². The number of benzene rings is 1. The van der Waals surface area contributed by atoms with E-state index in [0.717, 1.165) is 37.1 Å². The van der Waals surface area contributed by atoms with E-state index in [1.807, 2.05) is 17.5 Å². The number of hydrogen-bond donors (Lipinski definition) is 1. The number of halogens is 3. The van der Waals surface area contributed by atoms with Crippen LogP contribution >= 0.6 is 11.3 Å². The van der Waals surface area contributed by atoms with Gasteiger partial charge in [-0.2, -0.15) is 0 Å². The van der Waals surface area contributed by atoms with Crippen molar-refractivity contribution >= 4 is 11.3 Å². The maximum atomic E-state index is 14.2. The van der Waals surface area contributed by atoms with E-state index < -0.39 is 17.5 Å². The summed E-state index contributed by atoms with van der Waals surface area (Å²) in [5.74, 6) is -3.64. The quantitative estimate of drug-likeness (QED) is 0.876. The SMILES string of the molecule is Fc1ccc([C@@H](c2cccs2)N2CCNCC2)c(F)c1F. The van der Waals surface area contributed by atoms with Crippen LogP contribution in [0.25, 0.3) is 0 Å². The molecule has 0 saturated carbocycles. The Balaban J connectivity index is 2.05. The fourth-order valence-corrected chi connectivity index (χ4v) is 3.55. The van der Waals surface area contributed by atoms with Gasteiger partial charge in [-0.25, -0.2) is 13.2 Å². The van der Waals surface area contributed by atoms with E-state index >= 15 is 0 Å². The van der Waals surface area contributed by atoms with Gasteiger partial charge in [-0.15, -0.1) is 11.3 Å². The van der Waals surface area contributed by atoms with Crippen LogP contribution in [0.5, 0.6) is 0 Å². The molecule has 3 rings (SSSR count). The molecule has 1 atom stereocenters. The lowest BCUT2D eigenvalue weighted by atomic mass is 10.0. The van der Waals surface area contributed by atoms with Crippen molar-refractivity contribution < 1.29 is 13.2 Å². The summed E-state index contributed by atoms with van der Waals surface area (Å²) in [5, 5.41) is 5.14. The van der Waals surface area contributed by atoms with Gasteiger partial charge in [-0.3, -0.25) is 4.90 Å². The summed E-state index contributed by atoms with van der Waals surface area (Å²) < 4.78 is 41.0. The number of rotatable bonds is 3. The molecule has 0 aliphatic carbocycles. The molecular weight excluding hydrogens is 297 g/mol. The molecule has 2 aromatic rings. The van der Waals surface area contributed by atoms with E-state index in [1.54, 1.807) is 0 Å². The summed E-state index contributed by atoms with van der Waals surface area (Å²) >= 11 is 1.49. The molecule has 1 fully saturated rings. The zero-order valence-corrected chi connectivity index (χ0v) is 12.1. The molecule has 2 heterocycles. The van der Waals surface area contributed by atoms with Crippen molar-refractivity contribution in [3.63, 3.8) is 0 Å². The minimum atomic E-state index is -1.40. The van der Waals surface area contributed by atoms with Crippen molar-refractivity contribution in [2.75, 3.05) is 26.2 Å². The molecule has 1 N–H and O–H groups in total. The number of hydrogen-bond acceptors (Lipinski definition) is 3. The third-order valence-corrected chi connectivity index (χ3v) is 4.61. The molecule has 0 bridgehead atoms. The molecule has 0 amide bonds. The van der Waals surface area contributed by atoms with E-state index in [2.05, 4.69) is 10.2 Å². The normalized spacial score (nSPS) is 17.9. The summed E-state index contributed by atoms with van der Waals surface area (Å²) in [6.07, 6.45) is 0. The molecule has 1 aliphatic rings. The van der Waals surface area contributed by atoms with Crippen LogP contribution in [0.1, 0.15) is 16.5 Å². The van der Waals surface area contributed by atoms with Crippen molar-refractivity contribution in [3.8, 4) is 0 Å². The Morgan fingerprint density at radius 1 is 1.05 bits per heavy atom. The van der Waals surface area contributed by atoms with Crippen LogP contribution in [0.4, 0.5) is 13.2 Å². The Hall–Kier alpha value is -1.37. The van der Waals surface area contributed by atoms with Gasteiger partial charge in [0.1, 0.15) is 0 Å². The fourth-order valence-electron chi connectivity index (χ4n) is 2.67. The van der Waals surface area contributed by atoms with Gasteiger partial charge in [-0.05, 0) is 17.5 Å². The number of nitrogens with one attached hydrogen (secondary N) is 1. The van der Waals surface area contributed by atoms with E-state index in [9.17, 15) is 13.2 Å². The minimum Gasteiger partial charge on any atom is -0.314 e. The van der Waals surface area contributed by atoms with Crippen LogP contribution in [0, 0.1) is 17.5 Å². The molecule has 21 heavy (non-hydrogen) atoms. The summed E-state index contributed by atoms with van der Waals surface area (Å²) in [6.45, 7) is 3.07. The lowest BCUT2D eigenvalue weighted by Crippen LogP contribution is -2.45. The maximum absolute atomic E-state index is 14.2. The predicted octanol–water partition coefficient (Wildman–Crippen LogP) is 3.16. The van der Waals surface area contributed by atoms with Crippen LogP contribution in [-0.4, -0.2) is 31.1 Å². The number of thiophene rings is 1. The average molecular weight is 312 g/mol. The molecule has 0 radical (unpaired) electrons. The molecule has 0 unspecified atom stereocenters. The van der Waals surface area contributed by atoms with Crippen molar-refractivity contribution in [3.05, 3.63) is 57.5 Å². The highest BCUT2D eigenvalue weighted by atomic mass is 32.1. The topological polar surface area (TPSA) is 15.3 Å². The van der Waals surface area contributed by atoms with Gasteiger partial charge < -0.3 is 5.32 Å². The second-order valence-electron chi connectivity index (χ2n) is 4.97. The summed E-state index contributed by atoms with van der Waals surface area (Å²) in [7, 11) is 0. The van der Waals surface area contributed by atoms with Crippen LogP contribution in [-0.2, 0) is 0 Å². The zero-order chi connectivity index (χ0) is 14.8. The maximum Gasteiger partial charge on any atom is 0.194 e. The molecule has 0 spiro atoms. The highest BCUT2D eigenvalue weighted by molar-refractivity contribution is 7.10. The van der Waals surface area contributed by atoms with Crippen molar-refractivity contribution in [2.45, 2.75) is 6.04 Å². The van der Waals surface area contributed by atoms with Crippen LogP contribution < -0.4 is 5.32 Å². The molecule has 2 nitrogen and oxygen atoms in total. The van der Waals surface area contributed by atoms with Crippen LogP contribution in [0.2, 0.25) is 0 Å². The summed E-state index contributed by atoms with van der Waals surface area (Å²) in [5.41, 5.74) is 0.193. The van der Waals surface area contributed by atoms with Crippen molar-refractivity contribution in [1.82, 2.24) is 10.2 Å². The monoisotopic (exact) mass is 312 g/mol. The summed E-state index contributed by atoms with van der Waals surface area (Å²) in [6, 6.07) is 5.75. The Morgan fingerprint density at radius 3 is 2.48 bits per heavy atom. The molecule has 1 aliphatic heterocycles. The third kappa shape index (κ3) is 2.84. The van der Waals surface area contributed by atoms with Gasteiger partial charge in [0.15, 0.2) is 17.5 Å². The first kappa shape index (κ1) is 14.6. The Kier molecular flexibility index (Phi) is 4.28. The number of nitrogens with zero attached hydrogens (tertiary/aromatic N) is 1. The fraction of sp³-hybridized carbons (Fsp3) is 0.333. The van der Waals surface area contributed by atoms with Crippen LogP contribution in [0.15, 0.2) is 29.6 Å². The Labute approximate surface area is 125 Å². The number of piperazine rings is 1. The largest absolute Gasteiger partial charge is 0.314 e. The van der Waals surface area contributed by atoms with E-state index in [-0.39, 0.29) is 11.6 Å². The van der Waals surface area contributed by atoms with Crippen molar-refractivity contribution in [1.29, 1.82) is 0 Å². The smallest absolute Gasteiger partial charge is 0.194 e. The first-order valence-corrected chi connectivity index (χ1v) is 7.68. The molecule has 1 aromatic carbocycles. The Morgan fingerprint density at radius 2 is 1.81 bits per heavy atom. The highest BCUT2D eigenvalue weighted by Gasteiger charge is 2.29. The van der Waals surface area contributed by atoms with Gasteiger partial charge in [0.25, 0.3) is 0 Å². The first-order chi connectivity index (χ1) is 10.2. The van der Waals surface area contributed by atoms with E-state index in [0.29, 0.717) is 0 Å². The molecular formula is C15H15F3N2S. The molecule has 1 aromatic heterocycles. The van der Waals surface area contributed by atoms with Gasteiger partial charge in [0, 0.05) is 36.6 Å². The van der Waals surface area contributed by atoms with Gasteiger partial charge in [0.2, 0.25) is 0 Å². The Bertz CT molecular complexity index is 610. The summed E-state index contributed by atoms with van der Waals surface area (Å²) in [4.78, 5) is 3.03. The molecule has 6 heteroatoms. The molecule has 112 valence electrons. The minimum absolute atomic E-state index is 0.193. The third-order valence-electron chi connectivity index (χ3n) is 3.69.